The Hall–Kier alpha value is -2.09. The minimum absolute atomic E-state index is 0.00975. The highest BCUT2D eigenvalue weighted by atomic mass is 32.2. The number of nitrogens with one attached hydrogen (secondary N) is 2. The number of anilines is 1. The van der Waals surface area contributed by atoms with E-state index < -0.39 is 84.6 Å². The number of aliphatic hydroxyl groups is 2. The summed E-state index contributed by atoms with van der Waals surface area (Å²) in [6.07, 6.45) is -4.58. The first-order valence-corrected chi connectivity index (χ1v) is 22.5. The number of aliphatic hydroxyl groups excluding tert-OH is 2. The summed E-state index contributed by atoms with van der Waals surface area (Å²) in [5, 5.41) is 26.3. The van der Waals surface area contributed by atoms with Crippen LogP contribution in [-0.4, -0.2) is 135 Å². The van der Waals surface area contributed by atoms with Gasteiger partial charge in [0.1, 0.15) is 36.3 Å². The van der Waals surface area contributed by atoms with Crippen LogP contribution in [0.4, 0.5) is 5.82 Å². The van der Waals surface area contributed by atoms with E-state index in [9.17, 15) is 57.9 Å². The third-order valence-corrected chi connectivity index (χ3v) is 11.9. The van der Waals surface area contributed by atoms with Crippen molar-refractivity contribution in [2.75, 3.05) is 49.8 Å². The van der Waals surface area contributed by atoms with Crippen molar-refractivity contribution in [2.45, 2.75) is 57.3 Å². The maximum Gasteiger partial charge on any atom is 0.481 e. The Labute approximate surface area is 316 Å². The van der Waals surface area contributed by atoms with E-state index in [-0.39, 0.29) is 41.6 Å². The second kappa shape index (κ2) is 19.9. The van der Waals surface area contributed by atoms with Gasteiger partial charge in [-0.1, -0.05) is 25.6 Å². The van der Waals surface area contributed by atoms with Gasteiger partial charge >= 0.3 is 23.5 Å². The van der Waals surface area contributed by atoms with Gasteiger partial charge in [-0.15, -0.1) is 0 Å². The zero-order valence-corrected chi connectivity index (χ0v) is 33.2. The van der Waals surface area contributed by atoms with E-state index in [1.807, 2.05) is 6.26 Å². The van der Waals surface area contributed by atoms with Crippen molar-refractivity contribution >= 4 is 80.9 Å². The molecule has 0 spiro atoms. The molecule has 0 aromatic carbocycles. The third-order valence-electron chi connectivity index (χ3n) is 7.28. The molecule has 3 rings (SSSR count). The number of nitrogen functional groups attached to an aromatic ring is 1. The fraction of sp³-hybridized carbons (Fsp3) is 0.680. The lowest BCUT2D eigenvalue weighted by atomic mass is 9.87. The van der Waals surface area contributed by atoms with E-state index in [4.69, 9.17) is 19.5 Å². The Bertz CT molecular complexity index is 1770. The number of fused-ring (bicyclic) bond motifs is 1. The number of carbonyl (C=O) groups excluding carboxylic acids is 3. The second-order valence-corrected chi connectivity index (χ2v) is 18.4. The summed E-state index contributed by atoms with van der Waals surface area (Å²) in [6, 6.07) is 0. The first-order valence-electron chi connectivity index (χ1n) is 15.6. The largest absolute Gasteiger partial charge is 0.481 e. The first-order chi connectivity index (χ1) is 25.1. The van der Waals surface area contributed by atoms with E-state index in [0.29, 0.717) is 17.9 Å². The molecule has 29 heteroatoms. The Balaban J connectivity index is 1.50. The van der Waals surface area contributed by atoms with E-state index in [1.165, 1.54) is 13.8 Å². The molecule has 54 heavy (non-hydrogen) atoms. The van der Waals surface area contributed by atoms with Gasteiger partial charge in [0.2, 0.25) is 11.8 Å². The number of imidazole rings is 1. The van der Waals surface area contributed by atoms with Crippen LogP contribution in [0.5, 0.6) is 0 Å². The summed E-state index contributed by atoms with van der Waals surface area (Å²) < 4.78 is 62.0. The molecule has 2 aromatic heterocycles. The Morgan fingerprint density at radius 2 is 1.72 bits per heavy atom. The third kappa shape index (κ3) is 14.1. The van der Waals surface area contributed by atoms with Crippen LogP contribution in [0.25, 0.3) is 11.2 Å². The normalized spacial score (nSPS) is 22.0. The number of hydrogen-bond acceptors (Lipinski definition) is 19. The number of phosphoric acid groups is 3. The maximum atomic E-state index is 12.7. The van der Waals surface area contributed by atoms with Gasteiger partial charge in [-0.3, -0.25) is 32.5 Å². The predicted octanol–water partition coefficient (Wildman–Crippen LogP) is -0.582. The molecule has 2 amide bonds. The Morgan fingerprint density at radius 1 is 1.04 bits per heavy atom. The number of nitrogens with zero attached hydrogens (tertiary/aromatic N) is 4. The summed E-state index contributed by atoms with van der Waals surface area (Å²) in [5.41, 5.74) is 4.27. The van der Waals surface area contributed by atoms with Gasteiger partial charge < -0.3 is 50.9 Å². The minimum atomic E-state index is -5.56. The van der Waals surface area contributed by atoms with Crippen molar-refractivity contribution in [2.24, 2.45) is 5.41 Å². The zero-order chi connectivity index (χ0) is 40.5. The van der Waals surface area contributed by atoms with Crippen molar-refractivity contribution in [3.63, 3.8) is 0 Å². The summed E-state index contributed by atoms with van der Waals surface area (Å²) in [5.74, 6) is -0.359. The molecule has 1 fully saturated rings. The Morgan fingerprint density at radius 3 is 2.39 bits per heavy atom. The average molecular weight is 870 g/mol. The standard InChI is InChI=1S/C25H42N7O17P3S2/c1-25(2,20(36)23(37)28-6-4-15(33)27-7-9-54-16(34)5-8-53-3)11-46-52(43,44)49-51(41,42)45-10-14-19(48-50(38,39)40)18(35)24(47-14)32-13-31-17-21(26)29-12-30-22(17)32/h12-14,18-20,24,35-36H,4-11H2,1-3H3,(H,27,33)(H,28,37)(H,41,42)(H,43,44)(H2,26,29,30)(H2,38,39,40)/t14-,18-,19-,20+,24-/m1/s1. The summed E-state index contributed by atoms with van der Waals surface area (Å²) in [7, 11) is -16.4. The number of aromatic nitrogens is 4. The van der Waals surface area contributed by atoms with Crippen LogP contribution >= 0.6 is 47.0 Å². The van der Waals surface area contributed by atoms with Crippen molar-refractivity contribution < 1.29 is 80.5 Å². The SMILES string of the molecule is CSCCC(=O)SCCNC(=O)CCNC(=O)[C@H](O)C(C)(C)COP(=O)(O)OP(=O)(O)OC[C@H]1O[C@@H](n2cnc3c(N)ncnc32)[C@H](O)[C@@H]1OP(=O)(O)O. The highest BCUT2D eigenvalue weighted by Gasteiger charge is 2.50. The van der Waals surface area contributed by atoms with Crippen LogP contribution in [-0.2, 0) is 50.7 Å². The summed E-state index contributed by atoms with van der Waals surface area (Å²) >= 11 is 2.64. The highest BCUT2D eigenvalue weighted by Crippen LogP contribution is 2.61. The number of ether oxygens (including phenoxy) is 1. The van der Waals surface area contributed by atoms with Crippen molar-refractivity contribution in [1.82, 2.24) is 30.2 Å². The van der Waals surface area contributed by atoms with Gasteiger partial charge in [-0.2, -0.15) is 16.1 Å². The zero-order valence-electron chi connectivity index (χ0n) is 28.9. The molecule has 1 aliphatic rings. The quantitative estimate of drug-likeness (QED) is 0.0528. The topological polar surface area (TPSA) is 364 Å². The molecule has 0 aliphatic carbocycles. The number of phosphoric ester groups is 3. The average Bonchev–Trinajstić information content (AvgIpc) is 3.63. The number of hydrogen-bond donors (Lipinski definition) is 9. The molecular formula is C25H42N7O17P3S2. The molecule has 306 valence electrons. The van der Waals surface area contributed by atoms with Gasteiger partial charge in [0.15, 0.2) is 22.8 Å². The van der Waals surface area contributed by atoms with Gasteiger partial charge in [0.05, 0.1) is 19.5 Å². The lowest BCUT2D eigenvalue weighted by molar-refractivity contribution is -0.137. The van der Waals surface area contributed by atoms with Crippen LogP contribution in [0.2, 0.25) is 0 Å². The number of thioether (sulfide) groups is 2. The Kier molecular flexibility index (Phi) is 17.0. The van der Waals surface area contributed by atoms with Crippen molar-refractivity contribution in [3.05, 3.63) is 12.7 Å². The monoisotopic (exact) mass is 869 g/mol. The van der Waals surface area contributed by atoms with Crippen molar-refractivity contribution in [1.29, 1.82) is 0 Å². The van der Waals surface area contributed by atoms with E-state index in [2.05, 4.69) is 34.4 Å². The summed E-state index contributed by atoms with van der Waals surface area (Å²) in [4.78, 5) is 87.0. The molecule has 0 saturated carbocycles. The molecule has 1 saturated heterocycles. The molecular weight excluding hydrogens is 827 g/mol. The van der Waals surface area contributed by atoms with Gasteiger partial charge in [0.25, 0.3) is 0 Å². The molecule has 0 radical (unpaired) electrons. The minimum Gasteiger partial charge on any atom is -0.386 e. The van der Waals surface area contributed by atoms with Crippen LogP contribution in [0.15, 0.2) is 12.7 Å². The molecule has 7 atom stereocenters. The first kappa shape index (κ1) is 46.3. The second-order valence-electron chi connectivity index (χ2n) is 12.0. The van der Waals surface area contributed by atoms with Gasteiger partial charge in [-0.25, -0.2) is 28.6 Å². The number of carbonyl (C=O) groups is 3. The van der Waals surface area contributed by atoms with E-state index >= 15 is 0 Å². The molecule has 24 nitrogen and oxygen atoms in total. The van der Waals surface area contributed by atoms with Crippen LogP contribution < -0.4 is 16.4 Å². The van der Waals surface area contributed by atoms with E-state index in [0.717, 1.165) is 29.0 Å². The van der Waals surface area contributed by atoms with Crippen LogP contribution in [0.1, 0.15) is 32.9 Å². The fourth-order valence-corrected chi connectivity index (χ4v) is 8.58. The number of amides is 2. The fourth-order valence-electron chi connectivity index (χ4n) is 4.55. The van der Waals surface area contributed by atoms with Crippen molar-refractivity contribution in [3.8, 4) is 0 Å². The predicted molar refractivity (Wildman–Crippen MR) is 190 cm³/mol. The smallest absolute Gasteiger partial charge is 0.386 e. The van der Waals surface area contributed by atoms with Crippen LogP contribution in [0.3, 0.4) is 0 Å². The number of rotatable bonds is 22. The molecule has 0 bridgehead atoms. The lowest BCUT2D eigenvalue weighted by Crippen LogP contribution is -2.46. The summed E-state index contributed by atoms with van der Waals surface area (Å²) in [6.45, 7) is 0.533. The molecule has 1 aliphatic heterocycles. The van der Waals surface area contributed by atoms with Crippen LogP contribution in [0, 0.1) is 5.41 Å². The van der Waals surface area contributed by atoms with E-state index in [1.54, 1.807) is 11.8 Å². The maximum absolute atomic E-state index is 12.7. The molecule has 10 N–H and O–H groups in total. The van der Waals surface area contributed by atoms with Gasteiger partial charge in [-0.05, 0) is 6.26 Å². The van der Waals surface area contributed by atoms with Gasteiger partial charge in [0, 0.05) is 42.9 Å². The number of nitrogens with two attached hydrogens (primary N) is 1. The molecule has 2 aromatic rings. The lowest BCUT2D eigenvalue weighted by Gasteiger charge is -2.30. The molecule has 2 unspecified atom stereocenters. The molecule has 3 heterocycles. The highest BCUT2D eigenvalue weighted by molar-refractivity contribution is 8.13.